The molecule has 1 aromatic carbocycles. The van der Waals surface area contributed by atoms with E-state index in [1.54, 1.807) is 17.8 Å². The molecule has 5 nitrogen and oxygen atoms in total. The van der Waals surface area contributed by atoms with Gasteiger partial charge in [-0.25, -0.2) is 8.78 Å². The first-order valence-electron chi connectivity index (χ1n) is 6.88. The number of nitrogens with zero attached hydrogens (tertiary/aromatic N) is 2. The Labute approximate surface area is 135 Å². The molecule has 2 amide bonds. The Balaban J connectivity index is 1.80. The van der Waals surface area contributed by atoms with Gasteiger partial charge in [0, 0.05) is 37.7 Å². The largest absolute Gasteiger partial charge is 0.352 e. The maximum atomic E-state index is 13.4. The molecule has 0 aliphatic rings. The van der Waals surface area contributed by atoms with E-state index in [1.165, 1.54) is 11.3 Å². The van der Waals surface area contributed by atoms with Crippen LogP contribution in [0.3, 0.4) is 0 Å². The predicted octanol–water partition coefficient (Wildman–Crippen LogP) is 2.00. The molecule has 0 unspecified atom stereocenters. The van der Waals surface area contributed by atoms with Crippen molar-refractivity contribution in [3.8, 4) is 0 Å². The molecule has 0 spiro atoms. The minimum absolute atomic E-state index is 0.171. The van der Waals surface area contributed by atoms with Gasteiger partial charge in [0.25, 0.3) is 5.91 Å². The first-order valence-corrected chi connectivity index (χ1v) is 7.76. The van der Waals surface area contributed by atoms with Crippen LogP contribution >= 0.6 is 11.3 Å². The lowest BCUT2D eigenvalue weighted by Gasteiger charge is -2.05. The average molecular weight is 339 g/mol. The van der Waals surface area contributed by atoms with Crippen molar-refractivity contribution in [1.29, 1.82) is 0 Å². The molecule has 2 aromatic rings. The van der Waals surface area contributed by atoms with Crippen molar-refractivity contribution in [1.82, 2.24) is 9.88 Å². The molecule has 1 N–H and O–H groups in total. The molecule has 0 bridgehead atoms. The molecule has 8 heteroatoms. The van der Waals surface area contributed by atoms with Gasteiger partial charge in [-0.05, 0) is 18.6 Å². The van der Waals surface area contributed by atoms with E-state index >= 15 is 0 Å². The van der Waals surface area contributed by atoms with E-state index in [2.05, 4.69) is 10.3 Å². The molecule has 0 aliphatic heterocycles. The van der Waals surface area contributed by atoms with Gasteiger partial charge in [0.1, 0.15) is 11.6 Å². The van der Waals surface area contributed by atoms with Crippen molar-refractivity contribution >= 4 is 23.2 Å². The van der Waals surface area contributed by atoms with Crippen molar-refractivity contribution in [3.05, 3.63) is 51.8 Å². The van der Waals surface area contributed by atoms with Gasteiger partial charge < -0.3 is 9.88 Å². The number of carbonyl (C=O) groups excluding carboxylic acids is 2. The first kappa shape index (κ1) is 17.0. The summed E-state index contributed by atoms with van der Waals surface area (Å²) in [5.41, 5.74) is -0.229. The minimum atomic E-state index is -0.918. The number of benzene rings is 1. The molecule has 0 fully saturated rings. The molecular weight excluding hydrogens is 324 g/mol. The molecule has 122 valence electrons. The molecule has 1 aromatic heterocycles. The van der Waals surface area contributed by atoms with Crippen LogP contribution in [0.4, 0.5) is 8.78 Å². The van der Waals surface area contributed by atoms with E-state index in [0.29, 0.717) is 17.3 Å². The van der Waals surface area contributed by atoms with Crippen LogP contribution < -0.4 is 10.1 Å². The van der Waals surface area contributed by atoms with Crippen LogP contribution in [0.15, 0.2) is 34.8 Å². The number of nitrogens with one attached hydrogen (secondary N) is 1. The fraction of sp³-hybridized carbons (Fsp3) is 0.267. The summed E-state index contributed by atoms with van der Waals surface area (Å²) in [6.07, 6.45) is 2.35. The zero-order valence-electron chi connectivity index (χ0n) is 12.4. The van der Waals surface area contributed by atoms with Crippen molar-refractivity contribution in [3.63, 3.8) is 0 Å². The Hall–Kier alpha value is -2.35. The highest BCUT2D eigenvalue weighted by Gasteiger charge is 2.12. The molecule has 0 radical (unpaired) electrons. The third kappa shape index (κ3) is 4.82. The van der Waals surface area contributed by atoms with Gasteiger partial charge in [-0.15, -0.1) is 11.3 Å². The van der Waals surface area contributed by atoms with E-state index in [0.717, 1.165) is 12.1 Å². The molecule has 1 heterocycles. The second-order valence-corrected chi connectivity index (χ2v) is 5.66. The third-order valence-corrected chi connectivity index (χ3v) is 3.86. The number of halogens is 2. The normalized spacial score (nSPS) is 11.5. The summed E-state index contributed by atoms with van der Waals surface area (Å²) in [6.45, 7) is 0.202. The molecule has 23 heavy (non-hydrogen) atoms. The second-order valence-electron chi connectivity index (χ2n) is 4.79. The zero-order chi connectivity index (χ0) is 16.8. The monoisotopic (exact) mass is 339 g/mol. The van der Waals surface area contributed by atoms with Crippen LogP contribution in [0.25, 0.3) is 0 Å². The Bertz CT molecular complexity index is 783. The lowest BCUT2D eigenvalue weighted by molar-refractivity contribution is -0.118. The maximum absolute atomic E-state index is 13.4. The van der Waals surface area contributed by atoms with E-state index in [1.807, 2.05) is 5.38 Å². The summed E-state index contributed by atoms with van der Waals surface area (Å²) >= 11 is 1.36. The first-order chi connectivity index (χ1) is 11.0. The van der Waals surface area contributed by atoms with E-state index in [4.69, 9.17) is 0 Å². The van der Waals surface area contributed by atoms with Crippen LogP contribution in [0.2, 0.25) is 0 Å². The number of hydrogen-bond acceptors (Lipinski definition) is 3. The van der Waals surface area contributed by atoms with Crippen LogP contribution in [-0.4, -0.2) is 22.9 Å². The minimum Gasteiger partial charge on any atom is -0.352 e. The van der Waals surface area contributed by atoms with Gasteiger partial charge in [0.2, 0.25) is 5.91 Å². The Morgan fingerprint density at radius 1 is 1.35 bits per heavy atom. The van der Waals surface area contributed by atoms with Gasteiger partial charge in [0.15, 0.2) is 4.80 Å². The molecule has 0 aliphatic carbocycles. The van der Waals surface area contributed by atoms with Crippen molar-refractivity contribution < 1.29 is 18.4 Å². The standard InChI is InChI=1S/C15H15F2N3O2S/c1-20-7-8-23-15(20)19-13(21)3-2-6-18-14(22)11-5-4-10(16)9-12(11)17/h4-5,7-9H,2-3,6H2,1H3,(H,18,22). The number of carbonyl (C=O) groups is 2. The third-order valence-electron chi connectivity index (χ3n) is 3.01. The molecular formula is C15H15F2N3O2S. The molecule has 0 saturated carbocycles. The number of thiazole rings is 1. The summed E-state index contributed by atoms with van der Waals surface area (Å²) < 4.78 is 27.9. The quantitative estimate of drug-likeness (QED) is 0.847. The average Bonchev–Trinajstić information content (AvgIpc) is 2.88. The second kappa shape index (κ2) is 7.77. The fourth-order valence-electron chi connectivity index (χ4n) is 1.81. The van der Waals surface area contributed by atoms with Crippen molar-refractivity contribution in [2.24, 2.45) is 12.0 Å². The van der Waals surface area contributed by atoms with Gasteiger partial charge in [0.05, 0.1) is 5.56 Å². The van der Waals surface area contributed by atoms with Crippen LogP contribution in [0.5, 0.6) is 0 Å². The lowest BCUT2D eigenvalue weighted by atomic mass is 10.2. The number of hydrogen-bond donors (Lipinski definition) is 1. The van der Waals surface area contributed by atoms with E-state index in [9.17, 15) is 18.4 Å². The number of aryl methyl sites for hydroxylation is 1. The lowest BCUT2D eigenvalue weighted by Crippen LogP contribution is -2.26. The summed E-state index contributed by atoms with van der Waals surface area (Å²) in [5, 5.41) is 4.31. The summed E-state index contributed by atoms with van der Waals surface area (Å²) in [5.74, 6) is -2.59. The van der Waals surface area contributed by atoms with Crippen molar-refractivity contribution in [2.75, 3.05) is 6.54 Å². The highest BCUT2D eigenvalue weighted by molar-refractivity contribution is 7.07. The SMILES string of the molecule is Cn1ccsc1=NC(=O)CCCNC(=O)c1ccc(F)cc1F. The Morgan fingerprint density at radius 2 is 2.13 bits per heavy atom. The highest BCUT2D eigenvalue weighted by Crippen LogP contribution is 2.09. The molecule has 0 atom stereocenters. The topological polar surface area (TPSA) is 63.5 Å². The van der Waals surface area contributed by atoms with Crippen LogP contribution in [0, 0.1) is 11.6 Å². The van der Waals surface area contributed by atoms with Crippen LogP contribution in [0.1, 0.15) is 23.2 Å². The Kier molecular flexibility index (Phi) is 5.75. The van der Waals surface area contributed by atoms with E-state index in [-0.39, 0.29) is 24.4 Å². The maximum Gasteiger partial charge on any atom is 0.254 e. The Morgan fingerprint density at radius 3 is 2.78 bits per heavy atom. The smallest absolute Gasteiger partial charge is 0.254 e. The predicted molar refractivity (Wildman–Crippen MR) is 81.8 cm³/mol. The fourth-order valence-corrected chi connectivity index (χ4v) is 2.55. The summed E-state index contributed by atoms with van der Waals surface area (Å²) in [6, 6.07) is 2.75. The van der Waals surface area contributed by atoms with Crippen molar-refractivity contribution in [2.45, 2.75) is 12.8 Å². The van der Waals surface area contributed by atoms with Crippen LogP contribution in [-0.2, 0) is 11.8 Å². The molecule has 0 saturated heterocycles. The van der Waals surface area contributed by atoms with Gasteiger partial charge >= 0.3 is 0 Å². The highest BCUT2D eigenvalue weighted by atomic mass is 32.1. The van der Waals surface area contributed by atoms with E-state index < -0.39 is 17.5 Å². The number of rotatable bonds is 5. The zero-order valence-corrected chi connectivity index (χ0v) is 13.2. The summed E-state index contributed by atoms with van der Waals surface area (Å²) in [4.78, 5) is 28.0. The van der Waals surface area contributed by atoms with Gasteiger partial charge in [-0.2, -0.15) is 4.99 Å². The van der Waals surface area contributed by atoms with Gasteiger partial charge in [-0.1, -0.05) is 0 Å². The number of aromatic nitrogens is 1. The molecule has 2 rings (SSSR count). The van der Waals surface area contributed by atoms with Gasteiger partial charge in [-0.3, -0.25) is 9.59 Å². The summed E-state index contributed by atoms with van der Waals surface area (Å²) in [7, 11) is 1.79. The number of amides is 2.